The number of hydrogen-bond donors (Lipinski definition) is 2. The van der Waals surface area contributed by atoms with Gasteiger partial charge in [0.15, 0.2) is 11.5 Å². The molecule has 4 rings (SSSR count). The molecule has 8 heteroatoms. The molecule has 0 saturated carbocycles. The Bertz CT molecular complexity index is 1450. The van der Waals surface area contributed by atoms with Crippen LogP contribution in [0, 0.1) is 6.92 Å². The molecule has 0 fully saturated rings. The van der Waals surface area contributed by atoms with Crippen molar-refractivity contribution in [2.45, 2.75) is 6.92 Å². The molecule has 0 bridgehead atoms. The molecule has 4 aromatic carbocycles. The van der Waals surface area contributed by atoms with Crippen LogP contribution in [-0.2, 0) is 4.79 Å². The predicted octanol–water partition coefficient (Wildman–Crippen LogP) is 5.00. The summed E-state index contributed by atoms with van der Waals surface area (Å²) in [7, 11) is 0. The van der Waals surface area contributed by atoms with Crippen LogP contribution >= 0.6 is 0 Å². The van der Waals surface area contributed by atoms with Crippen molar-refractivity contribution >= 4 is 29.7 Å². The van der Waals surface area contributed by atoms with Gasteiger partial charge in [-0.25, -0.2) is 15.0 Å². The zero-order valence-electron chi connectivity index (χ0n) is 20.6. The fourth-order valence-electron chi connectivity index (χ4n) is 3.40. The molecule has 1 amide bonds. The molecule has 0 aromatic heterocycles. The van der Waals surface area contributed by atoms with Crippen molar-refractivity contribution < 1.29 is 23.9 Å². The third-order valence-corrected chi connectivity index (χ3v) is 5.38. The number of hydrazone groups is 1. The van der Waals surface area contributed by atoms with E-state index in [0.29, 0.717) is 16.7 Å². The highest BCUT2D eigenvalue weighted by atomic mass is 16.6. The van der Waals surface area contributed by atoms with Crippen LogP contribution in [0.1, 0.15) is 31.8 Å². The number of benzene rings is 4. The Labute approximate surface area is 219 Å². The Balaban J connectivity index is 1.46. The van der Waals surface area contributed by atoms with E-state index in [9.17, 15) is 14.4 Å². The van der Waals surface area contributed by atoms with E-state index in [-0.39, 0.29) is 24.0 Å². The van der Waals surface area contributed by atoms with Crippen LogP contribution in [-0.4, -0.2) is 30.6 Å². The van der Waals surface area contributed by atoms with Crippen molar-refractivity contribution in [3.8, 4) is 11.5 Å². The van der Waals surface area contributed by atoms with Crippen LogP contribution in [0.4, 0.5) is 5.69 Å². The van der Waals surface area contributed by atoms with E-state index < -0.39 is 11.9 Å². The molecule has 0 aliphatic heterocycles. The lowest BCUT2D eigenvalue weighted by Crippen LogP contribution is -2.26. The third kappa shape index (κ3) is 7.14. The molecule has 0 unspecified atom stereocenters. The average Bonchev–Trinajstić information content (AvgIpc) is 2.95. The summed E-state index contributed by atoms with van der Waals surface area (Å²) in [4.78, 5) is 37.5. The number of esters is 2. The molecule has 0 aliphatic rings. The molecule has 0 aliphatic carbocycles. The van der Waals surface area contributed by atoms with Gasteiger partial charge in [-0.2, -0.15) is 5.10 Å². The third-order valence-electron chi connectivity index (χ3n) is 5.38. The van der Waals surface area contributed by atoms with E-state index in [1.165, 1.54) is 18.3 Å². The lowest BCUT2D eigenvalue weighted by Gasteiger charge is -2.11. The number of anilines is 1. The first kappa shape index (κ1) is 25.8. The second-order valence-corrected chi connectivity index (χ2v) is 8.18. The molecule has 4 aromatic rings. The number of carbonyl (C=O) groups excluding carboxylic acids is 3. The minimum absolute atomic E-state index is 0.0274. The van der Waals surface area contributed by atoms with Crippen molar-refractivity contribution in [3.05, 3.63) is 125 Å². The number of rotatable bonds is 9. The summed E-state index contributed by atoms with van der Waals surface area (Å²) in [5, 5.41) is 7.03. The van der Waals surface area contributed by atoms with Gasteiger partial charge in [0, 0.05) is 5.69 Å². The quantitative estimate of drug-likeness (QED) is 0.143. The minimum atomic E-state index is -0.618. The van der Waals surface area contributed by atoms with Gasteiger partial charge >= 0.3 is 11.9 Å². The average molecular weight is 508 g/mol. The van der Waals surface area contributed by atoms with Gasteiger partial charge in [0.1, 0.15) is 0 Å². The smallest absolute Gasteiger partial charge is 0.343 e. The van der Waals surface area contributed by atoms with E-state index in [4.69, 9.17) is 9.47 Å². The molecule has 0 spiro atoms. The second kappa shape index (κ2) is 12.6. The first-order valence-electron chi connectivity index (χ1n) is 11.8. The second-order valence-electron chi connectivity index (χ2n) is 8.18. The maximum Gasteiger partial charge on any atom is 0.343 e. The topological polar surface area (TPSA) is 106 Å². The monoisotopic (exact) mass is 507 g/mol. The Hall–Kier alpha value is -5.24. The molecular formula is C30H25N3O5. The van der Waals surface area contributed by atoms with Gasteiger partial charge in [-0.3, -0.25) is 4.79 Å². The molecule has 0 saturated heterocycles. The van der Waals surface area contributed by atoms with E-state index >= 15 is 0 Å². The summed E-state index contributed by atoms with van der Waals surface area (Å²) < 4.78 is 11.1. The SMILES string of the molecule is Cc1ccccc1NCC(=O)NN=Cc1ccc(OC(=O)c2ccccc2)c(OC(=O)c2ccccc2)c1. The van der Waals surface area contributed by atoms with Gasteiger partial charge in [0.05, 0.1) is 23.9 Å². The lowest BCUT2D eigenvalue weighted by molar-refractivity contribution is -0.119. The lowest BCUT2D eigenvalue weighted by atomic mass is 10.2. The van der Waals surface area contributed by atoms with Crippen LogP contribution in [0.2, 0.25) is 0 Å². The predicted molar refractivity (Wildman–Crippen MR) is 145 cm³/mol. The molecular weight excluding hydrogens is 482 g/mol. The first-order chi connectivity index (χ1) is 18.5. The summed E-state index contributed by atoms with van der Waals surface area (Å²) in [6, 6.07) is 29.2. The van der Waals surface area contributed by atoms with Crippen LogP contribution in [0.5, 0.6) is 11.5 Å². The van der Waals surface area contributed by atoms with Gasteiger partial charge in [-0.1, -0.05) is 54.6 Å². The van der Waals surface area contributed by atoms with Crippen LogP contribution in [0.15, 0.2) is 108 Å². The summed E-state index contributed by atoms with van der Waals surface area (Å²) in [5.74, 6) is -1.47. The summed E-state index contributed by atoms with van der Waals surface area (Å²) >= 11 is 0. The van der Waals surface area contributed by atoms with Crippen molar-refractivity contribution in [1.29, 1.82) is 0 Å². The van der Waals surface area contributed by atoms with Crippen LogP contribution < -0.4 is 20.2 Å². The molecule has 0 heterocycles. The maximum absolute atomic E-state index is 12.7. The highest BCUT2D eigenvalue weighted by Gasteiger charge is 2.17. The summed E-state index contributed by atoms with van der Waals surface area (Å²) in [6.07, 6.45) is 1.40. The number of aryl methyl sites for hydroxylation is 1. The molecule has 0 atom stereocenters. The zero-order chi connectivity index (χ0) is 26.7. The summed E-state index contributed by atoms with van der Waals surface area (Å²) in [5.41, 5.74) is 5.52. The molecule has 2 N–H and O–H groups in total. The van der Waals surface area contributed by atoms with Gasteiger partial charge in [-0.05, 0) is 66.6 Å². The van der Waals surface area contributed by atoms with Crippen molar-refractivity contribution in [3.63, 3.8) is 0 Å². The molecule has 38 heavy (non-hydrogen) atoms. The van der Waals surface area contributed by atoms with Gasteiger partial charge in [-0.15, -0.1) is 0 Å². The molecule has 8 nitrogen and oxygen atoms in total. The number of carbonyl (C=O) groups is 3. The molecule has 0 radical (unpaired) electrons. The number of nitrogens with zero attached hydrogens (tertiary/aromatic N) is 1. The van der Waals surface area contributed by atoms with E-state index in [1.54, 1.807) is 66.7 Å². The minimum Gasteiger partial charge on any atom is -0.419 e. The number of hydrogen-bond acceptors (Lipinski definition) is 7. The normalized spacial score (nSPS) is 10.6. The first-order valence-corrected chi connectivity index (χ1v) is 11.8. The van der Waals surface area contributed by atoms with Crippen molar-refractivity contribution in [1.82, 2.24) is 5.43 Å². The number of nitrogens with one attached hydrogen (secondary N) is 2. The van der Waals surface area contributed by atoms with Crippen molar-refractivity contribution in [2.75, 3.05) is 11.9 Å². The zero-order valence-corrected chi connectivity index (χ0v) is 20.6. The summed E-state index contributed by atoms with van der Waals surface area (Å²) in [6.45, 7) is 1.98. The van der Waals surface area contributed by atoms with Crippen LogP contribution in [0.25, 0.3) is 0 Å². The van der Waals surface area contributed by atoms with Gasteiger partial charge in [0.25, 0.3) is 5.91 Å². The Morgan fingerprint density at radius 2 is 1.32 bits per heavy atom. The van der Waals surface area contributed by atoms with E-state index in [1.807, 2.05) is 31.2 Å². The maximum atomic E-state index is 12.7. The number of amides is 1. The van der Waals surface area contributed by atoms with E-state index in [2.05, 4.69) is 15.8 Å². The van der Waals surface area contributed by atoms with Crippen molar-refractivity contribution in [2.24, 2.45) is 5.10 Å². The Morgan fingerprint density at radius 3 is 1.95 bits per heavy atom. The Morgan fingerprint density at radius 1 is 0.737 bits per heavy atom. The standard InChI is InChI=1S/C30H25N3O5/c1-21-10-8-9-15-25(21)31-20-28(34)33-32-19-22-16-17-26(37-29(35)23-11-4-2-5-12-23)27(18-22)38-30(36)24-13-6-3-7-14-24/h2-19,31H,20H2,1H3,(H,33,34). The number of para-hydroxylation sites is 1. The fraction of sp³-hybridized carbons (Fsp3) is 0.0667. The Kier molecular flexibility index (Phi) is 8.60. The van der Waals surface area contributed by atoms with Gasteiger partial charge in [0.2, 0.25) is 0 Å². The van der Waals surface area contributed by atoms with E-state index in [0.717, 1.165) is 11.3 Å². The highest BCUT2D eigenvalue weighted by Crippen LogP contribution is 2.30. The largest absolute Gasteiger partial charge is 0.419 e. The fourth-order valence-corrected chi connectivity index (χ4v) is 3.40. The highest BCUT2D eigenvalue weighted by molar-refractivity contribution is 5.94. The molecule has 190 valence electrons. The number of ether oxygens (including phenoxy) is 2. The van der Waals surface area contributed by atoms with Gasteiger partial charge < -0.3 is 14.8 Å². The van der Waals surface area contributed by atoms with Crippen LogP contribution in [0.3, 0.4) is 0 Å².